The number of ether oxygens (including phenoxy) is 1. The van der Waals surface area contributed by atoms with E-state index in [-0.39, 0.29) is 10.7 Å². The molecule has 0 aliphatic carbocycles. The summed E-state index contributed by atoms with van der Waals surface area (Å²) in [6, 6.07) is 4.49. The van der Waals surface area contributed by atoms with Gasteiger partial charge in [0.15, 0.2) is 0 Å². The highest BCUT2D eigenvalue weighted by atomic mass is 32.2. The first-order valence-electron chi connectivity index (χ1n) is 8.06. The number of halogens is 1. The summed E-state index contributed by atoms with van der Waals surface area (Å²) in [5.74, 6) is -0.381. The van der Waals surface area contributed by atoms with Gasteiger partial charge in [-0.3, -0.25) is 4.90 Å². The number of piperazine rings is 1. The SMILES string of the molecule is Cc1cc(S(=O)(=O)N2CCN(C3CCOCC3)CC2)ccc1F. The van der Waals surface area contributed by atoms with Gasteiger partial charge < -0.3 is 4.74 Å². The third-order valence-electron chi connectivity index (χ3n) is 4.75. The highest BCUT2D eigenvalue weighted by Crippen LogP contribution is 2.22. The zero-order chi connectivity index (χ0) is 16.4. The summed E-state index contributed by atoms with van der Waals surface area (Å²) in [5, 5.41) is 0. The molecule has 0 unspecified atom stereocenters. The molecule has 0 radical (unpaired) electrons. The van der Waals surface area contributed by atoms with Crippen molar-refractivity contribution in [1.82, 2.24) is 9.21 Å². The maximum atomic E-state index is 13.4. The number of hydrogen-bond acceptors (Lipinski definition) is 4. The van der Waals surface area contributed by atoms with Crippen LogP contribution in [0.3, 0.4) is 0 Å². The Morgan fingerprint density at radius 3 is 2.39 bits per heavy atom. The van der Waals surface area contributed by atoms with E-state index in [2.05, 4.69) is 4.90 Å². The smallest absolute Gasteiger partial charge is 0.243 e. The van der Waals surface area contributed by atoms with Crippen LogP contribution in [0, 0.1) is 12.7 Å². The molecule has 2 aliphatic heterocycles. The minimum absolute atomic E-state index is 0.177. The molecule has 2 aliphatic rings. The van der Waals surface area contributed by atoms with Crippen LogP contribution < -0.4 is 0 Å². The minimum Gasteiger partial charge on any atom is -0.381 e. The lowest BCUT2D eigenvalue weighted by molar-refractivity contribution is 0.0229. The van der Waals surface area contributed by atoms with Gasteiger partial charge in [-0.25, -0.2) is 12.8 Å². The quantitative estimate of drug-likeness (QED) is 0.838. The monoisotopic (exact) mass is 342 g/mol. The topological polar surface area (TPSA) is 49.9 Å². The predicted molar refractivity (Wildman–Crippen MR) is 85.3 cm³/mol. The number of aryl methyl sites for hydroxylation is 1. The van der Waals surface area contributed by atoms with Crippen molar-refractivity contribution in [3.63, 3.8) is 0 Å². The Morgan fingerprint density at radius 2 is 1.78 bits per heavy atom. The van der Waals surface area contributed by atoms with Crippen molar-refractivity contribution >= 4 is 10.0 Å². The summed E-state index contributed by atoms with van der Waals surface area (Å²) in [5.41, 5.74) is 0.354. The lowest BCUT2D eigenvalue weighted by atomic mass is 10.1. The molecule has 0 atom stereocenters. The zero-order valence-electron chi connectivity index (χ0n) is 13.4. The Kier molecular flexibility index (Phi) is 5.01. The van der Waals surface area contributed by atoms with Gasteiger partial charge in [-0.05, 0) is 43.5 Å². The van der Waals surface area contributed by atoms with Crippen molar-refractivity contribution in [3.05, 3.63) is 29.6 Å². The Morgan fingerprint density at radius 1 is 1.13 bits per heavy atom. The molecule has 23 heavy (non-hydrogen) atoms. The molecule has 0 N–H and O–H groups in total. The summed E-state index contributed by atoms with van der Waals surface area (Å²) in [4.78, 5) is 2.54. The van der Waals surface area contributed by atoms with Gasteiger partial charge in [0.2, 0.25) is 10.0 Å². The molecule has 0 amide bonds. The van der Waals surface area contributed by atoms with Crippen molar-refractivity contribution in [2.24, 2.45) is 0 Å². The molecule has 0 bridgehead atoms. The molecule has 1 aromatic carbocycles. The first-order valence-corrected chi connectivity index (χ1v) is 9.50. The second kappa shape index (κ2) is 6.84. The predicted octanol–water partition coefficient (Wildman–Crippen LogP) is 1.62. The fraction of sp³-hybridized carbons (Fsp3) is 0.625. The minimum atomic E-state index is -3.54. The lowest BCUT2D eigenvalue weighted by Crippen LogP contribution is -2.52. The van der Waals surface area contributed by atoms with E-state index in [1.165, 1.54) is 22.5 Å². The van der Waals surface area contributed by atoms with Crippen molar-refractivity contribution in [1.29, 1.82) is 0 Å². The van der Waals surface area contributed by atoms with Gasteiger partial charge in [0.05, 0.1) is 4.90 Å². The number of rotatable bonds is 3. The Balaban J connectivity index is 1.67. The summed E-state index contributed by atoms with van der Waals surface area (Å²) in [6.07, 6.45) is 2.04. The van der Waals surface area contributed by atoms with Crippen LogP contribution in [-0.2, 0) is 14.8 Å². The van der Waals surface area contributed by atoms with Crippen LogP contribution in [-0.4, -0.2) is 63.1 Å². The van der Waals surface area contributed by atoms with Gasteiger partial charge in [-0.1, -0.05) is 0 Å². The van der Waals surface area contributed by atoms with E-state index in [1.807, 2.05) is 0 Å². The first-order chi connectivity index (χ1) is 11.0. The van der Waals surface area contributed by atoms with Gasteiger partial charge in [-0.2, -0.15) is 4.31 Å². The van der Waals surface area contributed by atoms with E-state index in [0.29, 0.717) is 24.7 Å². The average Bonchev–Trinajstić information content (AvgIpc) is 2.58. The second-order valence-corrected chi connectivity index (χ2v) is 8.13. The van der Waals surface area contributed by atoms with Crippen LogP contribution in [0.15, 0.2) is 23.1 Å². The molecule has 3 rings (SSSR count). The van der Waals surface area contributed by atoms with Gasteiger partial charge in [0, 0.05) is 45.4 Å². The first kappa shape index (κ1) is 16.8. The summed E-state index contributed by atoms with van der Waals surface area (Å²) in [7, 11) is -3.54. The largest absolute Gasteiger partial charge is 0.381 e. The fourth-order valence-corrected chi connectivity index (χ4v) is 4.79. The molecule has 0 spiro atoms. The van der Waals surface area contributed by atoms with Crippen LogP contribution in [0.25, 0.3) is 0 Å². The average molecular weight is 342 g/mol. The van der Waals surface area contributed by atoms with E-state index < -0.39 is 10.0 Å². The standard InChI is InChI=1S/C16H23FN2O3S/c1-13-12-15(2-3-16(13)17)23(20,21)19-8-6-18(7-9-19)14-4-10-22-11-5-14/h2-3,12,14H,4-11H2,1H3. The zero-order valence-corrected chi connectivity index (χ0v) is 14.2. The molecule has 0 aromatic heterocycles. The van der Waals surface area contributed by atoms with Crippen molar-refractivity contribution in [3.8, 4) is 0 Å². The van der Waals surface area contributed by atoms with Crippen LogP contribution in [0.4, 0.5) is 4.39 Å². The molecular formula is C16H23FN2O3S. The summed E-state index contributed by atoms with van der Waals surface area (Å²) >= 11 is 0. The van der Waals surface area contributed by atoms with E-state index in [9.17, 15) is 12.8 Å². The molecule has 7 heteroatoms. The maximum Gasteiger partial charge on any atom is 0.243 e. The molecule has 128 valence electrons. The molecule has 2 saturated heterocycles. The van der Waals surface area contributed by atoms with E-state index >= 15 is 0 Å². The summed E-state index contributed by atoms with van der Waals surface area (Å²) < 4.78 is 45.6. The molecule has 0 saturated carbocycles. The van der Waals surface area contributed by atoms with Crippen LogP contribution in [0.5, 0.6) is 0 Å². The number of benzene rings is 1. The van der Waals surface area contributed by atoms with Gasteiger partial charge in [-0.15, -0.1) is 0 Å². The molecule has 2 fully saturated rings. The molecule has 2 heterocycles. The van der Waals surface area contributed by atoms with E-state index in [4.69, 9.17) is 4.74 Å². The Bertz CT molecular complexity index is 651. The molecule has 1 aromatic rings. The van der Waals surface area contributed by atoms with Crippen molar-refractivity contribution < 1.29 is 17.5 Å². The second-order valence-electron chi connectivity index (χ2n) is 6.19. The number of sulfonamides is 1. The number of nitrogens with zero attached hydrogens (tertiary/aromatic N) is 2. The molecule has 5 nitrogen and oxygen atoms in total. The van der Waals surface area contributed by atoms with Crippen molar-refractivity contribution in [2.75, 3.05) is 39.4 Å². The van der Waals surface area contributed by atoms with E-state index in [0.717, 1.165) is 39.1 Å². The number of hydrogen-bond donors (Lipinski definition) is 0. The summed E-state index contributed by atoms with van der Waals surface area (Å²) in [6.45, 7) is 5.61. The highest BCUT2D eigenvalue weighted by molar-refractivity contribution is 7.89. The van der Waals surface area contributed by atoms with Crippen molar-refractivity contribution in [2.45, 2.75) is 30.7 Å². The normalized spacial score (nSPS) is 22.3. The Hall–Kier alpha value is -1.02. The van der Waals surface area contributed by atoms with Gasteiger partial charge in [0.1, 0.15) is 5.82 Å². The third-order valence-corrected chi connectivity index (χ3v) is 6.64. The van der Waals surface area contributed by atoms with Crippen LogP contribution >= 0.6 is 0 Å². The lowest BCUT2D eigenvalue weighted by Gasteiger charge is -2.40. The van der Waals surface area contributed by atoms with Crippen LogP contribution in [0.1, 0.15) is 18.4 Å². The Labute approximate surface area is 137 Å². The maximum absolute atomic E-state index is 13.4. The highest BCUT2D eigenvalue weighted by Gasteiger charge is 2.31. The van der Waals surface area contributed by atoms with Crippen LogP contribution in [0.2, 0.25) is 0 Å². The van der Waals surface area contributed by atoms with Gasteiger partial charge >= 0.3 is 0 Å². The third kappa shape index (κ3) is 3.57. The molecular weight excluding hydrogens is 319 g/mol. The van der Waals surface area contributed by atoms with E-state index in [1.54, 1.807) is 6.92 Å². The van der Waals surface area contributed by atoms with Gasteiger partial charge in [0.25, 0.3) is 0 Å². The fourth-order valence-electron chi connectivity index (χ4n) is 3.29.